The van der Waals surface area contributed by atoms with Gasteiger partial charge in [-0.1, -0.05) is 30.3 Å². The molecule has 1 unspecified atom stereocenters. The van der Waals surface area contributed by atoms with Gasteiger partial charge < -0.3 is 19.9 Å². The van der Waals surface area contributed by atoms with Crippen molar-refractivity contribution in [3.05, 3.63) is 70.1 Å². The molecule has 0 saturated heterocycles. The van der Waals surface area contributed by atoms with Crippen LogP contribution in [-0.4, -0.2) is 16.1 Å². The van der Waals surface area contributed by atoms with E-state index in [1.54, 1.807) is 36.4 Å². The molecule has 4 rings (SSSR count). The van der Waals surface area contributed by atoms with Crippen molar-refractivity contribution in [2.24, 2.45) is 0 Å². The van der Waals surface area contributed by atoms with Gasteiger partial charge in [-0.2, -0.15) is 0 Å². The molecule has 2 aromatic carbocycles. The van der Waals surface area contributed by atoms with Gasteiger partial charge in [-0.05, 0) is 18.2 Å². The summed E-state index contributed by atoms with van der Waals surface area (Å²) in [5, 5.41) is 24.2. The van der Waals surface area contributed by atoms with Gasteiger partial charge in [-0.3, -0.25) is 4.79 Å². The van der Waals surface area contributed by atoms with E-state index < -0.39 is 28.4 Å². The summed E-state index contributed by atoms with van der Waals surface area (Å²) in [6.45, 7) is 0. The van der Waals surface area contributed by atoms with E-state index in [9.17, 15) is 19.8 Å². The lowest BCUT2D eigenvalue weighted by molar-refractivity contribution is -0.130. The fourth-order valence-corrected chi connectivity index (χ4v) is 2.94. The van der Waals surface area contributed by atoms with E-state index in [1.165, 1.54) is 12.1 Å². The molecule has 1 amide bonds. The number of amides is 1. The summed E-state index contributed by atoms with van der Waals surface area (Å²) in [5.74, 6) is -1.28. The first-order chi connectivity index (χ1) is 11.0. The van der Waals surface area contributed by atoms with Gasteiger partial charge in [0.25, 0.3) is 5.91 Å². The molecule has 0 aliphatic carbocycles. The first-order valence-corrected chi connectivity index (χ1v) is 6.92. The average Bonchev–Trinajstić information content (AvgIpc) is 2.79. The number of carbonyl (C=O) groups is 1. The van der Waals surface area contributed by atoms with Crippen molar-refractivity contribution in [2.75, 3.05) is 5.32 Å². The maximum Gasteiger partial charge on any atom is 0.347 e. The number of hydrogen-bond acceptors (Lipinski definition) is 5. The number of aromatic hydroxyl groups is 1. The van der Waals surface area contributed by atoms with E-state index >= 15 is 0 Å². The van der Waals surface area contributed by atoms with Crippen molar-refractivity contribution >= 4 is 22.6 Å². The number of anilines is 1. The van der Waals surface area contributed by atoms with Crippen molar-refractivity contribution in [2.45, 2.75) is 5.60 Å². The van der Waals surface area contributed by atoms with Gasteiger partial charge in [0.1, 0.15) is 16.9 Å². The van der Waals surface area contributed by atoms with Crippen LogP contribution in [0.15, 0.2) is 57.7 Å². The van der Waals surface area contributed by atoms with E-state index in [0.29, 0.717) is 5.69 Å². The van der Waals surface area contributed by atoms with Crippen molar-refractivity contribution in [1.82, 2.24) is 0 Å². The number of fused-ring (bicyclic) bond motifs is 2. The maximum absolute atomic E-state index is 12.3. The van der Waals surface area contributed by atoms with Crippen LogP contribution in [-0.2, 0) is 10.4 Å². The predicted molar refractivity (Wildman–Crippen MR) is 82.2 cm³/mol. The number of carbonyl (C=O) groups excluding carboxylic acids is 1. The zero-order chi connectivity index (χ0) is 16.2. The Morgan fingerprint density at radius 3 is 2.52 bits per heavy atom. The third-order valence-corrected chi connectivity index (χ3v) is 4.04. The Kier molecular flexibility index (Phi) is 2.61. The van der Waals surface area contributed by atoms with Crippen molar-refractivity contribution in [3.8, 4) is 5.75 Å². The topological polar surface area (TPSA) is 99.8 Å². The van der Waals surface area contributed by atoms with Gasteiger partial charge in [-0.15, -0.1) is 0 Å². The summed E-state index contributed by atoms with van der Waals surface area (Å²) in [5.41, 5.74) is -3.00. The molecule has 1 atom stereocenters. The monoisotopic (exact) mass is 309 g/mol. The molecular weight excluding hydrogens is 298 g/mol. The Labute approximate surface area is 129 Å². The van der Waals surface area contributed by atoms with E-state index in [-0.39, 0.29) is 16.5 Å². The minimum atomic E-state index is -2.30. The summed E-state index contributed by atoms with van der Waals surface area (Å²) in [4.78, 5) is 24.7. The predicted octanol–water partition coefficient (Wildman–Crippen LogP) is 1.69. The second-order valence-electron chi connectivity index (χ2n) is 5.32. The van der Waals surface area contributed by atoms with Gasteiger partial charge in [0.2, 0.25) is 5.60 Å². The lowest BCUT2D eigenvalue weighted by Crippen LogP contribution is -2.39. The Balaban J connectivity index is 2.11. The summed E-state index contributed by atoms with van der Waals surface area (Å²) < 4.78 is 5.16. The van der Waals surface area contributed by atoms with Crippen LogP contribution in [0.25, 0.3) is 11.0 Å². The number of aliphatic hydroxyl groups is 1. The Hall–Kier alpha value is -3.12. The summed E-state index contributed by atoms with van der Waals surface area (Å²) >= 11 is 0. The number of nitrogens with one attached hydrogen (secondary N) is 1. The molecule has 0 bridgehead atoms. The molecule has 1 aliphatic heterocycles. The Morgan fingerprint density at radius 1 is 1.00 bits per heavy atom. The molecule has 0 fully saturated rings. The summed E-state index contributed by atoms with van der Waals surface area (Å²) in [6.07, 6.45) is 0. The van der Waals surface area contributed by atoms with Gasteiger partial charge in [0.05, 0.1) is 5.39 Å². The van der Waals surface area contributed by atoms with Crippen LogP contribution in [0.1, 0.15) is 11.1 Å². The molecule has 6 heteroatoms. The minimum Gasteiger partial charge on any atom is -0.506 e. The molecule has 0 radical (unpaired) electrons. The normalized spacial score (nSPS) is 19.6. The molecule has 114 valence electrons. The van der Waals surface area contributed by atoms with Crippen LogP contribution >= 0.6 is 0 Å². The van der Waals surface area contributed by atoms with Gasteiger partial charge >= 0.3 is 5.63 Å². The maximum atomic E-state index is 12.3. The van der Waals surface area contributed by atoms with Crippen LogP contribution in [0.4, 0.5) is 5.69 Å². The molecule has 0 spiro atoms. The standard InChI is InChI=1S/C17H11NO5/c19-14-9-5-1-4-8-12(9)23-15(20)13(14)17(22)10-6-2-3-7-11(10)18-16(17)21/h1-8,19,22H,(H,18,21). The van der Waals surface area contributed by atoms with Crippen LogP contribution < -0.4 is 10.9 Å². The van der Waals surface area contributed by atoms with Crippen molar-refractivity contribution < 1.29 is 19.4 Å². The van der Waals surface area contributed by atoms with Crippen molar-refractivity contribution in [1.29, 1.82) is 0 Å². The fourth-order valence-electron chi connectivity index (χ4n) is 2.94. The highest BCUT2D eigenvalue weighted by Crippen LogP contribution is 2.43. The molecule has 3 N–H and O–H groups in total. The summed E-state index contributed by atoms with van der Waals surface area (Å²) in [7, 11) is 0. The van der Waals surface area contributed by atoms with Crippen LogP contribution in [0.5, 0.6) is 5.75 Å². The number of hydrogen-bond donors (Lipinski definition) is 3. The molecule has 0 saturated carbocycles. The molecule has 1 aliphatic rings. The second-order valence-corrected chi connectivity index (χ2v) is 5.32. The fraction of sp³-hybridized carbons (Fsp3) is 0.0588. The smallest absolute Gasteiger partial charge is 0.347 e. The van der Waals surface area contributed by atoms with Gasteiger partial charge in [0, 0.05) is 11.3 Å². The number of rotatable bonds is 1. The molecule has 6 nitrogen and oxygen atoms in total. The van der Waals surface area contributed by atoms with E-state index in [0.717, 1.165) is 0 Å². The number of benzene rings is 2. The van der Waals surface area contributed by atoms with Crippen molar-refractivity contribution in [3.63, 3.8) is 0 Å². The zero-order valence-electron chi connectivity index (χ0n) is 11.7. The average molecular weight is 309 g/mol. The Bertz CT molecular complexity index is 1020. The molecule has 2 heterocycles. The highest BCUT2D eigenvalue weighted by Gasteiger charge is 2.51. The highest BCUT2D eigenvalue weighted by molar-refractivity contribution is 6.08. The number of para-hydroxylation sites is 2. The van der Waals surface area contributed by atoms with E-state index in [1.807, 2.05) is 0 Å². The third kappa shape index (κ3) is 1.66. The second kappa shape index (κ2) is 4.44. The lowest BCUT2D eigenvalue weighted by atomic mass is 9.87. The largest absolute Gasteiger partial charge is 0.506 e. The third-order valence-electron chi connectivity index (χ3n) is 4.04. The summed E-state index contributed by atoms with van der Waals surface area (Å²) in [6, 6.07) is 12.8. The molecule has 1 aromatic heterocycles. The SMILES string of the molecule is O=C1Nc2ccccc2C1(O)c1c(O)c2ccccc2oc1=O. The highest BCUT2D eigenvalue weighted by atomic mass is 16.4. The minimum absolute atomic E-state index is 0.175. The molecule has 23 heavy (non-hydrogen) atoms. The van der Waals surface area contributed by atoms with Gasteiger partial charge in [0.15, 0.2) is 0 Å². The van der Waals surface area contributed by atoms with Gasteiger partial charge in [-0.25, -0.2) is 4.79 Å². The Morgan fingerprint density at radius 2 is 1.70 bits per heavy atom. The zero-order valence-corrected chi connectivity index (χ0v) is 11.7. The molecular formula is C17H11NO5. The van der Waals surface area contributed by atoms with Crippen LogP contribution in [0, 0.1) is 0 Å². The first-order valence-electron chi connectivity index (χ1n) is 6.92. The lowest BCUT2D eigenvalue weighted by Gasteiger charge is -2.21. The molecule has 3 aromatic rings. The van der Waals surface area contributed by atoms with Crippen LogP contribution in [0.3, 0.4) is 0 Å². The first kappa shape index (κ1) is 13.5. The van der Waals surface area contributed by atoms with E-state index in [2.05, 4.69) is 5.32 Å². The van der Waals surface area contributed by atoms with Crippen LogP contribution in [0.2, 0.25) is 0 Å². The van der Waals surface area contributed by atoms with E-state index in [4.69, 9.17) is 4.42 Å². The quantitative estimate of drug-likeness (QED) is 0.594.